The van der Waals surface area contributed by atoms with E-state index in [-0.39, 0.29) is 0 Å². The van der Waals surface area contributed by atoms with Crippen molar-refractivity contribution >= 4 is 0 Å². The third kappa shape index (κ3) is 3.74. The molecule has 4 unspecified atom stereocenters. The summed E-state index contributed by atoms with van der Waals surface area (Å²) in [5.74, 6) is 1.59. The molecule has 0 saturated carbocycles. The lowest BCUT2D eigenvalue weighted by atomic mass is 9.96. The lowest BCUT2D eigenvalue weighted by Crippen LogP contribution is -2.36. The molecular weight excluding hydrogens is 196 g/mol. The van der Waals surface area contributed by atoms with Gasteiger partial charge in [0.1, 0.15) is 0 Å². The summed E-state index contributed by atoms with van der Waals surface area (Å²) in [4.78, 5) is 2.68. The summed E-state index contributed by atoms with van der Waals surface area (Å²) in [7, 11) is 0. The quantitative estimate of drug-likeness (QED) is 0.754. The number of rotatable bonds is 6. The van der Waals surface area contributed by atoms with Crippen molar-refractivity contribution in [2.24, 2.45) is 17.6 Å². The van der Waals surface area contributed by atoms with Crippen LogP contribution in [0.25, 0.3) is 0 Å². The summed E-state index contributed by atoms with van der Waals surface area (Å²) in [5, 5.41) is 0. The molecule has 0 radical (unpaired) electrons. The largest absolute Gasteiger partial charge is 0.328 e. The van der Waals surface area contributed by atoms with Crippen molar-refractivity contribution < 1.29 is 0 Å². The third-order valence-corrected chi connectivity index (χ3v) is 4.36. The van der Waals surface area contributed by atoms with Gasteiger partial charge in [-0.15, -0.1) is 0 Å². The Morgan fingerprint density at radius 2 is 1.94 bits per heavy atom. The molecule has 0 spiro atoms. The van der Waals surface area contributed by atoms with Gasteiger partial charge in [0.05, 0.1) is 0 Å². The van der Waals surface area contributed by atoms with Crippen LogP contribution in [0.15, 0.2) is 0 Å². The minimum absolute atomic E-state index is 0.367. The van der Waals surface area contributed by atoms with Crippen LogP contribution in [0.1, 0.15) is 53.4 Å². The number of nitrogens with two attached hydrogens (primary N) is 1. The maximum absolute atomic E-state index is 6.00. The van der Waals surface area contributed by atoms with Gasteiger partial charge in [-0.3, -0.25) is 0 Å². The van der Waals surface area contributed by atoms with E-state index in [4.69, 9.17) is 5.73 Å². The molecule has 4 atom stereocenters. The topological polar surface area (TPSA) is 29.3 Å². The molecule has 1 aliphatic heterocycles. The third-order valence-electron chi connectivity index (χ3n) is 4.36. The van der Waals surface area contributed by atoms with Crippen molar-refractivity contribution in [3.63, 3.8) is 0 Å². The van der Waals surface area contributed by atoms with E-state index in [9.17, 15) is 0 Å². The zero-order valence-corrected chi connectivity index (χ0v) is 11.6. The molecule has 1 aliphatic rings. The van der Waals surface area contributed by atoms with E-state index in [0.717, 1.165) is 17.9 Å². The lowest BCUT2D eigenvalue weighted by Gasteiger charge is -2.29. The first-order chi connectivity index (χ1) is 7.58. The van der Waals surface area contributed by atoms with Gasteiger partial charge in [0.25, 0.3) is 0 Å². The van der Waals surface area contributed by atoms with Crippen LogP contribution >= 0.6 is 0 Å². The fraction of sp³-hybridized carbons (Fsp3) is 1.00. The SMILES string of the molecule is CCC(C)CC(CC)N1CCC(C(C)N)C1. The number of hydrogen-bond acceptors (Lipinski definition) is 2. The van der Waals surface area contributed by atoms with Gasteiger partial charge in [0.2, 0.25) is 0 Å². The highest BCUT2D eigenvalue weighted by atomic mass is 15.2. The standard InChI is InChI=1S/C14H30N2/c1-5-11(3)9-14(6-2)16-8-7-13(10-16)12(4)15/h11-14H,5-10,15H2,1-4H3. The van der Waals surface area contributed by atoms with Crippen LogP contribution in [0.4, 0.5) is 0 Å². The van der Waals surface area contributed by atoms with Crippen LogP contribution in [-0.4, -0.2) is 30.1 Å². The molecule has 1 fully saturated rings. The minimum Gasteiger partial charge on any atom is -0.328 e. The second-order valence-corrected chi connectivity index (χ2v) is 5.71. The Labute approximate surface area is 102 Å². The maximum atomic E-state index is 6.00. The van der Waals surface area contributed by atoms with Crippen LogP contribution in [-0.2, 0) is 0 Å². The lowest BCUT2D eigenvalue weighted by molar-refractivity contribution is 0.192. The van der Waals surface area contributed by atoms with Gasteiger partial charge in [-0.2, -0.15) is 0 Å². The molecule has 0 aliphatic carbocycles. The molecule has 0 aromatic heterocycles. The van der Waals surface area contributed by atoms with Gasteiger partial charge >= 0.3 is 0 Å². The first-order valence-electron chi connectivity index (χ1n) is 7.08. The van der Waals surface area contributed by atoms with Crippen LogP contribution in [0.2, 0.25) is 0 Å². The smallest absolute Gasteiger partial charge is 0.00952 e. The summed E-state index contributed by atoms with van der Waals surface area (Å²) >= 11 is 0. The monoisotopic (exact) mass is 226 g/mol. The molecule has 2 N–H and O–H groups in total. The summed E-state index contributed by atoms with van der Waals surface area (Å²) in [6, 6.07) is 1.16. The zero-order valence-electron chi connectivity index (χ0n) is 11.6. The Bertz CT molecular complexity index is 191. The van der Waals surface area contributed by atoms with Gasteiger partial charge < -0.3 is 10.6 Å². The normalized spacial score (nSPS) is 27.9. The molecule has 16 heavy (non-hydrogen) atoms. The molecule has 0 aromatic carbocycles. The molecule has 2 heteroatoms. The van der Waals surface area contributed by atoms with Crippen molar-refractivity contribution in [1.29, 1.82) is 0 Å². The Morgan fingerprint density at radius 1 is 1.25 bits per heavy atom. The molecule has 0 aromatic rings. The first kappa shape index (κ1) is 14.0. The highest BCUT2D eigenvalue weighted by Gasteiger charge is 2.29. The van der Waals surface area contributed by atoms with Crippen molar-refractivity contribution in [3.05, 3.63) is 0 Å². The van der Waals surface area contributed by atoms with Crippen molar-refractivity contribution in [1.82, 2.24) is 4.90 Å². The molecule has 1 saturated heterocycles. The highest BCUT2D eigenvalue weighted by molar-refractivity contribution is 4.85. The fourth-order valence-corrected chi connectivity index (χ4v) is 2.78. The summed E-state index contributed by atoms with van der Waals surface area (Å²) in [6.07, 6.45) is 5.25. The highest BCUT2D eigenvalue weighted by Crippen LogP contribution is 2.25. The molecule has 1 rings (SSSR count). The van der Waals surface area contributed by atoms with E-state index in [1.54, 1.807) is 0 Å². The summed E-state index contributed by atoms with van der Waals surface area (Å²) in [5.41, 5.74) is 6.00. The van der Waals surface area contributed by atoms with Crippen LogP contribution in [0.5, 0.6) is 0 Å². The van der Waals surface area contributed by atoms with E-state index >= 15 is 0 Å². The predicted octanol–water partition coefficient (Wildman–Crippen LogP) is 2.87. The molecule has 1 heterocycles. The van der Waals surface area contributed by atoms with Crippen LogP contribution < -0.4 is 5.73 Å². The van der Waals surface area contributed by atoms with Crippen molar-refractivity contribution in [2.75, 3.05) is 13.1 Å². The van der Waals surface area contributed by atoms with Gasteiger partial charge in [-0.05, 0) is 44.6 Å². The van der Waals surface area contributed by atoms with Gasteiger partial charge in [0, 0.05) is 18.6 Å². The number of hydrogen-bond donors (Lipinski definition) is 1. The van der Waals surface area contributed by atoms with Crippen molar-refractivity contribution in [3.8, 4) is 0 Å². The van der Waals surface area contributed by atoms with Crippen LogP contribution in [0, 0.1) is 11.8 Å². The summed E-state index contributed by atoms with van der Waals surface area (Å²) in [6.45, 7) is 11.7. The molecule has 0 bridgehead atoms. The average molecular weight is 226 g/mol. The zero-order chi connectivity index (χ0) is 12.1. The first-order valence-corrected chi connectivity index (χ1v) is 7.08. The van der Waals surface area contributed by atoms with Crippen LogP contribution in [0.3, 0.4) is 0 Å². The van der Waals surface area contributed by atoms with Gasteiger partial charge in [-0.1, -0.05) is 27.2 Å². The van der Waals surface area contributed by atoms with E-state index in [2.05, 4.69) is 32.6 Å². The Morgan fingerprint density at radius 3 is 2.38 bits per heavy atom. The van der Waals surface area contributed by atoms with E-state index < -0.39 is 0 Å². The fourth-order valence-electron chi connectivity index (χ4n) is 2.78. The molecule has 96 valence electrons. The maximum Gasteiger partial charge on any atom is 0.00952 e. The van der Waals surface area contributed by atoms with Gasteiger partial charge in [0.15, 0.2) is 0 Å². The second kappa shape index (κ2) is 6.61. The molecular formula is C14H30N2. The second-order valence-electron chi connectivity index (χ2n) is 5.71. The van der Waals surface area contributed by atoms with E-state index in [0.29, 0.717) is 6.04 Å². The van der Waals surface area contributed by atoms with Crippen molar-refractivity contribution in [2.45, 2.75) is 65.5 Å². The van der Waals surface area contributed by atoms with E-state index in [1.165, 1.54) is 38.8 Å². The van der Waals surface area contributed by atoms with Gasteiger partial charge in [-0.25, -0.2) is 0 Å². The Balaban J connectivity index is 2.43. The Hall–Kier alpha value is -0.0800. The molecule has 0 amide bonds. The number of nitrogens with zero attached hydrogens (tertiary/aromatic N) is 1. The average Bonchev–Trinajstić information content (AvgIpc) is 2.74. The number of likely N-dealkylation sites (tertiary alicyclic amines) is 1. The summed E-state index contributed by atoms with van der Waals surface area (Å²) < 4.78 is 0. The van der Waals surface area contributed by atoms with E-state index in [1.807, 2.05) is 0 Å². The molecule has 2 nitrogen and oxygen atoms in total. The predicted molar refractivity (Wildman–Crippen MR) is 71.5 cm³/mol. The minimum atomic E-state index is 0.367. The Kier molecular flexibility index (Phi) is 5.77.